The van der Waals surface area contributed by atoms with Crippen molar-refractivity contribution in [2.45, 2.75) is 13.5 Å². The summed E-state index contributed by atoms with van der Waals surface area (Å²) in [7, 11) is -3.45. The molecule has 0 heterocycles. The summed E-state index contributed by atoms with van der Waals surface area (Å²) in [5.74, 6) is 0.422. The lowest BCUT2D eigenvalue weighted by atomic mass is 10.1. The van der Waals surface area contributed by atoms with Crippen molar-refractivity contribution in [2.24, 2.45) is 0 Å². The van der Waals surface area contributed by atoms with Gasteiger partial charge in [-0.05, 0) is 36.8 Å². The second kappa shape index (κ2) is 7.83. The molecule has 0 spiro atoms. The van der Waals surface area contributed by atoms with E-state index >= 15 is 0 Å². The summed E-state index contributed by atoms with van der Waals surface area (Å²) < 4.78 is 30.5. The number of carbonyl (C=O) groups excluding carboxylic acids is 1. The van der Waals surface area contributed by atoms with Crippen LogP contribution in [0, 0.1) is 0 Å². The zero-order valence-electron chi connectivity index (χ0n) is 13.6. The maximum Gasteiger partial charge on any atom is 0.253 e. The van der Waals surface area contributed by atoms with Gasteiger partial charge in [0, 0.05) is 6.54 Å². The smallest absolute Gasteiger partial charge is 0.253 e. The Balaban J connectivity index is 2.05. The van der Waals surface area contributed by atoms with Crippen molar-refractivity contribution in [1.29, 1.82) is 0 Å². The van der Waals surface area contributed by atoms with Crippen LogP contribution in [-0.2, 0) is 16.6 Å². The summed E-state index contributed by atoms with van der Waals surface area (Å²) >= 11 is 0. The van der Waals surface area contributed by atoms with Crippen LogP contribution in [-0.4, -0.2) is 27.2 Å². The van der Waals surface area contributed by atoms with Crippen molar-refractivity contribution in [3.63, 3.8) is 0 Å². The first-order valence-corrected chi connectivity index (χ1v) is 9.35. The molecule has 2 aromatic carbocycles. The van der Waals surface area contributed by atoms with Crippen molar-refractivity contribution >= 4 is 21.6 Å². The first kappa shape index (κ1) is 17.8. The zero-order valence-corrected chi connectivity index (χ0v) is 14.4. The molecule has 7 heteroatoms. The highest BCUT2D eigenvalue weighted by Gasteiger charge is 2.13. The molecule has 0 aliphatic rings. The fourth-order valence-electron chi connectivity index (χ4n) is 2.12. The lowest BCUT2D eigenvalue weighted by Crippen LogP contribution is -2.24. The van der Waals surface area contributed by atoms with Gasteiger partial charge in [0.05, 0.1) is 24.1 Å². The average molecular weight is 348 g/mol. The molecule has 0 aliphatic carbocycles. The van der Waals surface area contributed by atoms with Crippen LogP contribution in [0.2, 0.25) is 0 Å². The lowest BCUT2D eigenvalue weighted by molar-refractivity contribution is 0.0952. The molecule has 0 fully saturated rings. The van der Waals surface area contributed by atoms with E-state index in [0.717, 1.165) is 17.6 Å². The van der Waals surface area contributed by atoms with Crippen LogP contribution in [0.4, 0.5) is 5.69 Å². The second-order valence-electron chi connectivity index (χ2n) is 5.18. The topological polar surface area (TPSA) is 84.5 Å². The summed E-state index contributed by atoms with van der Waals surface area (Å²) in [4.78, 5) is 12.3. The van der Waals surface area contributed by atoms with Crippen molar-refractivity contribution in [3.05, 3.63) is 59.7 Å². The molecular formula is C17H20N2O4S. The van der Waals surface area contributed by atoms with E-state index in [-0.39, 0.29) is 17.2 Å². The molecule has 0 aliphatic heterocycles. The van der Waals surface area contributed by atoms with Gasteiger partial charge in [0.1, 0.15) is 5.75 Å². The molecule has 0 saturated heterocycles. The maximum absolute atomic E-state index is 12.3. The van der Waals surface area contributed by atoms with Crippen LogP contribution in [0.15, 0.2) is 48.5 Å². The van der Waals surface area contributed by atoms with Crippen LogP contribution < -0.4 is 14.8 Å². The first-order valence-electron chi connectivity index (χ1n) is 7.46. The summed E-state index contributed by atoms with van der Waals surface area (Å²) in [5, 5.41) is 2.78. The minimum absolute atomic E-state index is 0.254. The van der Waals surface area contributed by atoms with Crippen molar-refractivity contribution in [2.75, 3.05) is 17.6 Å². The van der Waals surface area contributed by atoms with Crippen molar-refractivity contribution < 1.29 is 17.9 Å². The number of hydrogen-bond donors (Lipinski definition) is 2. The molecule has 0 aromatic heterocycles. The van der Waals surface area contributed by atoms with Crippen molar-refractivity contribution in [3.8, 4) is 5.75 Å². The van der Waals surface area contributed by atoms with Gasteiger partial charge < -0.3 is 10.1 Å². The van der Waals surface area contributed by atoms with Crippen LogP contribution in [0.5, 0.6) is 5.75 Å². The standard InChI is InChI=1S/C17H20N2O4S/c1-3-23-14-10-8-13(9-11-14)12-18-17(20)15-6-4-5-7-16(15)19-24(2,21)22/h4-11,19H,3,12H2,1-2H3,(H,18,20). The Bertz CT molecular complexity index is 802. The van der Waals surface area contributed by atoms with Gasteiger partial charge in [-0.25, -0.2) is 8.42 Å². The highest BCUT2D eigenvalue weighted by molar-refractivity contribution is 7.92. The highest BCUT2D eigenvalue weighted by atomic mass is 32.2. The maximum atomic E-state index is 12.3. The van der Waals surface area contributed by atoms with E-state index < -0.39 is 10.0 Å². The Morgan fingerprint density at radius 2 is 1.75 bits per heavy atom. The molecule has 0 bridgehead atoms. The number of amides is 1. The predicted molar refractivity (Wildman–Crippen MR) is 93.7 cm³/mol. The Morgan fingerprint density at radius 3 is 2.38 bits per heavy atom. The highest BCUT2D eigenvalue weighted by Crippen LogP contribution is 2.17. The average Bonchev–Trinajstić information content (AvgIpc) is 2.53. The second-order valence-corrected chi connectivity index (χ2v) is 6.93. The van der Waals surface area contributed by atoms with Crippen LogP contribution >= 0.6 is 0 Å². The fourth-order valence-corrected chi connectivity index (χ4v) is 2.70. The van der Waals surface area contributed by atoms with E-state index in [1.165, 1.54) is 0 Å². The number of benzene rings is 2. The number of nitrogens with one attached hydrogen (secondary N) is 2. The summed E-state index contributed by atoms with van der Waals surface area (Å²) in [5.41, 5.74) is 1.44. The number of sulfonamides is 1. The van der Waals surface area contributed by atoms with Gasteiger partial charge in [0.25, 0.3) is 5.91 Å². The molecule has 6 nitrogen and oxygen atoms in total. The Kier molecular flexibility index (Phi) is 5.81. The predicted octanol–water partition coefficient (Wildman–Crippen LogP) is 2.39. The van der Waals surface area contributed by atoms with Crippen LogP contribution in [0.3, 0.4) is 0 Å². The fraction of sp³-hybridized carbons (Fsp3) is 0.235. The molecule has 0 unspecified atom stereocenters. The normalized spacial score (nSPS) is 10.9. The molecule has 2 rings (SSSR count). The molecule has 2 aromatic rings. The minimum Gasteiger partial charge on any atom is -0.494 e. The third-order valence-corrected chi connectivity index (χ3v) is 3.75. The molecule has 128 valence electrons. The quantitative estimate of drug-likeness (QED) is 0.805. The molecule has 1 amide bonds. The van der Waals surface area contributed by atoms with E-state index in [4.69, 9.17) is 4.74 Å². The van der Waals surface area contributed by atoms with Crippen molar-refractivity contribution in [1.82, 2.24) is 5.32 Å². The Morgan fingerprint density at radius 1 is 1.08 bits per heavy atom. The van der Waals surface area contributed by atoms with Gasteiger partial charge in [-0.3, -0.25) is 9.52 Å². The van der Waals surface area contributed by atoms with Gasteiger partial charge in [-0.1, -0.05) is 24.3 Å². The largest absolute Gasteiger partial charge is 0.494 e. The van der Waals surface area contributed by atoms with Gasteiger partial charge >= 0.3 is 0 Å². The number of anilines is 1. The number of para-hydroxylation sites is 1. The first-order chi connectivity index (χ1) is 11.4. The molecule has 2 N–H and O–H groups in total. The SMILES string of the molecule is CCOc1ccc(CNC(=O)c2ccccc2NS(C)(=O)=O)cc1. The number of carbonyl (C=O) groups is 1. The van der Waals surface area contributed by atoms with E-state index in [2.05, 4.69) is 10.0 Å². The summed E-state index contributed by atoms with van der Waals surface area (Å²) in [6.07, 6.45) is 1.04. The van der Waals surface area contributed by atoms with Crippen LogP contribution in [0.1, 0.15) is 22.8 Å². The number of rotatable bonds is 7. The minimum atomic E-state index is -3.45. The molecule has 0 radical (unpaired) electrons. The Labute approximate surface area is 141 Å². The van der Waals surface area contributed by atoms with Gasteiger partial charge in [-0.15, -0.1) is 0 Å². The van der Waals surface area contributed by atoms with E-state index in [1.807, 2.05) is 31.2 Å². The Hall–Kier alpha value is -2.54. The molecule has 0 saturated carbocycles. The van der Waals surface area contributed by atoms with E-state index in [0.29, 0.717) is 13.2 Å². The summed E-state index contributed by atoms with van der Waals surface area (Å²) in [6, 6.07) is 13.9. The monoisotopic (exact) mass is 348 g/mol. The zero-order chi connectivity index (χ0) is 17.6. The van der Waals surface area contributed by atoms with E-state index in [9.17, 15) is 13.2 Å². The number of hydrogen-bond acceptors (Lipinski definition) is 4. The summed E-state index contributed by atoms with van der Waals surface area (Å²) in [6.45, 7) is 2.84. The third-order valence-electron chi connectivity index (χ3n) is 3.15. The van der Waals surface area contributed by atoms with Gasteiger partial charge in [-0.2, -0.15) is 0 Å². The van der Waals surface area contributed by atoms with E-state index in [1.54, 1.807) is 24.3 Å². The molecular weight excluding hydrogens is 328 g/mol. The molecule has 0 atom stereocenters. The van der Waals surface area contributed by atoms with Gasteiger partial charge in [0.2, 0.25) is 10.0 Å². The molecule has 24 heavy (non-hydrogen) atoms. The van der Waals surface area contributed by atoms with Crippen LogP contribution in [0.25, 0.3) is 0 Å². The van der Waals surface area contributed by atoms with Gasteiger partial charge in [0.15, 0.2) is 0 Å². The number of ether oxygens (including phenoxy) is 1. The lowest BCUT2D eigenvalue weighted by Gasteiger charge is -2.11. The third kappa shape index (κ3) is 5.27.